The first-order chi connectivity index (χ1) is 18.1. The zero-order valence-corrected chi connectivity index (χ0v) is 22.3. The van der Waals surface area contributed by atoms with Gasteiger partial charge in [0, 0.05) is 16.6 Å². The summed E-state index contributed by atoms with van der Waals surface area (Å²) in [7, 11) is 1.73. The highest BCUT2D eigenvalue weighted by Gasteiger charge is 2.51. The molecule has 2 aliphatic carbocycles. The lowest BCUT2D eigenvalue weighted by atomic mass is 9.67. The zero-order chi connectivity index (χ0) is 25.0. The summed E-state index contributed by atoms with van der Waals surface area (Å²) in [5.41, 5.74) is 2.78. The van der Waals surface area contributed by atoms with Crippen LogP contribution in [0.25, 0.3) is 10.8 Å². The van der Waals surface area contributed by atoms with Crippen LogP contribution < -0.4 is 10.1 Å². The minimum atomic E-state index is -1.07. The molecule has 3 saturated heterocycles. The molecule has 3 heterocycles. The quantitative estimate of drug-likeness (QED) is 0.391. The summed E-state index contributed by atoms with van der Waals surface area (Å²) < 4.78 is 19.6. The molecular formula is C32H35NO3S. The van der Waals surface area contributed by atoms with E-state index in [0.717, 1.165) is 51.1 Å². The topological polar surface area (TPSA) is 39.7 Å². The van der Waals surface area contributed by atoms with Crippen molar-refractivity contribution in [3.63, 3.8) is 0 Å². The first-order valence-corrected chi connectivity index (χ1v) is 14.6. The predicted molar refractivity (Wildman–Crippen MR) is 150 cm³/mol. The second-order valence-corrected chi connectivity index (χ2v) is 12.8. The fraction of sp³-hybridized carbons (Fsp3) is 0.438. The average molecular weight is 514 g/mol. The highest BCUT2D eigenvalue weighted by atomic mass is 32.2. The van der Waals surface area contributed by atoms with Crippen molar-refractivity contribution < 1.29 is 14.2 Å². The molecule has 3 aromatic rings. The zero-order valence-electron chi connectivity index (χ0n) is 21.5. The molecule has 4 unspecified atom stereocenters. The standard InChI is InChI=1S/C32H35NO3S/c1-21(33-31-17-22-14-23(18-31)16-24(15-22)20-37-31)29-19-35-32(36-29,26-9-4-3-5-10-26)28-13-12-25-8-6-7-11-27(25)30(28)34-2/h3-13,22-24,29,33H,1,14-20H2,2H3. The van der Waals surface area contributed by atoms with Crippen LogP contribution in [0.5, 0.6) is 5.75 Å². The Morgan fingerprint density at radius 3 is 2.46 bits per heavy atom. The lowest BCUT2D eigenvalue weighted by Crippen LogP contribution is -2.49. The van der Waals surface area contributed by atoms with Crippen LogP contribution in [-0.2, 0) is 15.3 Å². The van der Waals surface area contributed by atoms with Crippen molar-refractivity contribution in [1.29, 1.82) is 0 Å². The number of hydrogen-bond acceptors (Lipinski definition) is 5. The highest BCUT2D eigenvalue weighted by Crippen LogP contribution is 2.56. The fourth-order valence-corrected chi connectivity index (χ4v) is 9.29. The van der Waals surface area contributed by atoms with Crippen molar-refractivity contribution in [3.05, 3.63) is 90.1 Å². The number of rotatable bonds is 6. The Morgan fingerprint density at radius 2 is 1.68 bits per heavy atom. The van der Waals surface area contributed by atoms with Gasteiger partial charge in [-0.2, -0.15) is 0 Å². The van der Waals surface area contributed by atoms with E-state index in [0.29, 0.717) is 6.61 Å². The molecule has 0 radical (unpaired) electrons. The molecule has 3 aromatic carbocycles. The molecule has 1 N–H and O–H groups in total. The number of nitrogens with one attached hydrogen (secondary N) is 1. The minimum absolute atomic E-state index is 0.0813. The van der Waals surface area contributed by atoms with Gasteiger partial charge in [-0.1, -0.05) is 67.2 Å². The van der Waals surface area contributed by atoms with Crippen LogP contribution in [0, 0.1) is 17.8 Å². The lowest BCUT2D eigenvalue weighted by molar-refractivity contribution is -0.140. The van der Waals surface area contributed by atoms with Gasteiger partial charge in [0.1, 0.15) is 11.9 Å². The summed E-state index contributed by atoms with van der Waals surface area (Å²) in [4.78, 5) is 0.0813. The molecule has 8 rings (SSSR count). The molecule has 4 nitrogen and oxygen atoms in total. The van der Waals surface area contributed by atoms with Gasteiger partial charge in [-0.15, -0.1) is 11.8 Å². The smallest absolute Gasteiger partial charge is 0.226 e. The van der Waals surface area contributed by atoms with Crippen LogP contribution in [-0.4, -0.2) is 30.4 Å². The molecule has 0 amide bonds. The Morgan fingerprint density at radius 1 is 0.946 bits per heavy atom. The Kier molecular flexibility index (Phi) is 5.80. The van der Waals surface area contributed by atoms with Crippen molar-refractivity contribution in [1.82, 2.24) is 5.32 Å². The number of hydrogen-bond donors (Lipinski definition) is 1. The van der Waals surface area contributed by atoms with E-state index in [1.54, 1.807) is 7.11 Å². The largest absolute Gasteiger partial charge is 0.496 e. The molecule has 4 atom stereocenters. The summed E-state index contributed by atoms with van der Waals surface area (Å²) >= 11 is 2.14. The van der Waals surface area contributed by atoms with Crippen molar-refractivity contribution >= 4 is 22.5 Å². The maximum atomic E-state index is 6.95. The van der Waals surface area contributed by atoms with E-state index in [-0.39, 0.29) is 11.0 Å². The number of methoxy groups -OCH3 is 1. The molecule has 3 aliphatic heterocycles. The van der Waals surface area contributed by atoms with Crippen molar-refractivity contribution in [2.24, 2.45) is 17.8 Å². The van der Waals surface area contributed by atoms with Gasteiger partial charge in [-0.3, -0.25) is 0 Å². The number of benzene rings is 3. The fourth-order valence-electron chi connectivity index (χ4n) is 7.56. The van der Waals surface area contributed by atoms with Gasteiger partial charge in [0.15, 0.2) is 0 Å². The second-order valence-electron chi connectivity index (χ2n) is 11.4. The number of ether oxygens (including phenoxy) is 3. The van der Waals surface area contributed by atoms with E-state index >= 15 is 0 Å². The van der Waals surface area contributed by atoms with Gasteiger partial charge in [0.2, 0.25) is 5.79 Å². The normalized spacial score (nSPS) is 34.4. The third-order valence-corrected chi connectivity index (χ3v) is 10.6. The van der Waals surface area contributed by atoms with Crippen LogP contribution in [0.15, 0.2) is 79.0 Å². The predicted octanol–water partition coefficient (Wildman–Crippen LogP) is 6.84. The van der Waals surface area contributed by atoms with E-state index in [9.17, 15) is 0 Å². The van der Waals surface area contributed by atoms with Crippen molar-refractivity contribution in [2.45, 2.75) is 48.9 Å². The number of thioether (sulfide) groups is 1. The molecule has 4 bridgehead atoms. The van der Waals surface area contributed by atoms with Gasteiger partial charge >= 0.3 is 0 Å². The molecule has 192 valence electrons. The van der Waals surface area contributed by atoms with Gasteiger partial charge in [0.05, 0.1) is 24.2 Å². The SMILES string of the molecule is C=C(NC12CC3CC(CS1)CC(C3)C2)C1COC(c2ccccc2)(c2ccc3ccccc3c2OC)O1. The molecule has 0 aromatic heterocycles. The van der Waals surface area contributed by atoms with Gasteiger partial charge in [-0.25, -0.2) is 0 Å². The molecule has 37 heavy (non-hydrogen) atoms. The number of fused-ring (bicyclic) bond motifs is 2. The van der Waals surface area contributed by atoms with Crippen LogP contribution >= 0.6 is 11.8 Å². The summed E-state index contributed by atoms with van der Waals surface area (Å²) in [6.07, 6.45) is 6.43. The second kappa shape index (κ2) is 9.07. The monoisotopic (exact) mass is 513 g/mol. The third-order valence-electron chi connectivity index (χ3n) is 8.95. The minimum Gasteiger partial charge on any atom is -0.496 e. The maximum absolute atomic E-state index is 6.95. The van der Waals surface area contributed by atoms with E-state index in [4.69, 9.17) is 14.2 Å². The van der Waals surface area contributed by atoms with Gasteiger partial charge in [0.25, 0.3) is 0 Å². The molecule has 5 fully saturated rings. The summed E-state index contributed by atoms with van der Waals surface area (Å²) in [5.74, 6) is 3.56. The molecule has 2 saturated carbocycles. The maximum Gasteiger partial charge on any atom is 0.226 e. The van der Waals surface area contributed by atoms with Crippen LogP contribution in [0.2, 0.25) is 0 Å². The van der Waals surface area contributed by atoms with Crippen molar-refractivity contribution in [2.75, 3.05) is 19.5 Å². The first-order valence-electron chi connectivity index (χ1n) is 13.6. The van der Waals surface area contributed by atoms with E-state index in [1.807, 2.05) is 30.3 Å². The molecule has 5 aliphatic rings. The molecule has 5 heteroatoms. The van der Waals surface area contributed by atoms with E-state index < -0.39 is 5.79 Å². The Bertz CT molecular complexity index is 1310. The summed E-state index contributed by atoms with van der Waals surface area (Å²) in [6.45, 7) is 4.96. The van der Waals surface area contributed by atoms with Crippen LogP contribution in [0.4, 0.5) is 0 Å². The van der Waals surface area contributed by atoms with E-state index in [2.05, 4.69) is 60.1 Å². The Hall–Kier alpha value is -2.47. The summed E-state index contributed by atoms with van der Waals surface area (Å²) in [5, 5.41) is 6.11. The third kappa shape index (κ3) is 3.98. The van der Waals surface area contributed by atoms with E-state index in [1.165, 1.54) is 37.9 Å². The van der Waals surface area contributed by atoms with Crippen molar-refractivity contribution in [3.8, 4) is 5.75 Å². The molecular weight excluding hydrogens is 478 g/mol. The van der Waals surface area contributed by atoms with Crippen LogP contribution in [0.3, 0.4) is 0 Å². The summed E-state index contributed by atoms with van der Waals surface area (Å²) in [6, 6.07) is 22.7. The molecule has 0 spiro atoms. The van der Waals surface area contributed by atoms with Crippen LogP contribution in [0.1, 0.15) is 43.2 Å². The highest BCUT2D eigenvalue weighted by molar-refractivity contribution is 8.00. The Labute approximate surface area is 223 Å². The average Bonchev–Trinajstić information content (AvgIpc) is 3.29. The first kappa shape index (κ1) is 23.6. The lowest BCUT2D eigenvalue weighted by Gasteiger charge is -2.46. The Balaban J connectivity index is 1.23. The van der Waals surface area contributed by atoms with Gasteiger partial charge < -0.3 is 19.5 Å². The van der Waals surface area contributed by atoms with Gasteiger partial charge in [-0.05, 0) is 67.1 Å².